The quantitative estimate of drug-likeness (QED) is 0.814. The van der Waals surface area contributed by atoms with E-state index in [1.165, 1.54) is 21.3 Å². The Labute approximate surface area is 134 Å². The average Bonchev–Trinajstić information content (AvgIpc) is 2.89. The zero-order valence-corrected chi connectivity index (χ0v) is 14.4. The van der Waals surface area contributed by atoms with Crippen molar-refractivity contribution in [2.75, 3.05) is 14.1 Å². The summed E-state index contributed by atoms with van der Waals surface area (Å²) in [5.74, 6) is 1.38. The van der Waals surface area contributed by atoms with E-state index >= 15 is 0 Å². The Morgan fingerprint density at radius 2 is 1.91 bits per heavy atom. The van der Waals surface area contributed by atoms with Gasteiger partial charge in [0.15, 0.2) is 11.0 Å². The monoisotopic (exact) mass is 319 g/mol. The smallest absolute Gasteiger partial charge is 0.329 e. The number of pyridine rings is 1. The molecule has 7 heteroatoms. The summed E-state index contributed by atoms with van der Waals surface area (Å²) in [4.78, 5) is 22.3. The van der Waals surface area contributed by atoms with Crippen LogP contribution in [0.1, 0.15) is 32.2 Å². The molecule has 0 saturated heterocycles. The summed E-state index contributed by atoms with van der Waals surface area (Å²) >= 11 is 1.50. The van der Waals surface area contributed by atoms with Crippen LogP contribution in [-0.2, 0) is 11.2 Å². The van der Waals surface area contributed by atoms with E-state index in [1.807, 2.05) is 32.9 Å². The van der Waals surface area contributed by atoms with Gasteiger partial charge in [-0.15, -0.1) is 5.10 Å². The topological polar surface area (TPSA) is 63.9 Å². The molecular weight excluding hydrogens is 298 g/mol. The normalized spacial score (nSPS) is 11.5. The summed E-state index contributed by atoms with van der Waals surface area (Å²) < 4.78 is 1.38. The summed E-state index contributed by atoms with van der Waals surface area (Å²) in [5, 5.41) is 5.01. The molecule has 0 fully saturated rings. The molecule has 6 nitrogen and oxygen atoms in total. The van der Waals surface area contributed by atoms with Gasteiger partial charge in [0.2, 0.25) is 0 Å². The first-order chi connectivity index (χ1) is 10.3. The highest BCUT2D eigenvalue weighted by molar-refractivity contribution is 7.98. The minimum absolute atomic E-state index is 0.194. The summed E-state index contributed by atoms with van der Waals surface area (Å²) in [6.45, 7) is 6.10. The first kappa shape index (κ1) is 16.5. The molecule has 0 aromatic carbocycles. The van der Waals surface area contributed by atoms with Crippen LogP contribution in [0.2, 0.25) is 0 Å². The SMILES string of the molecule is CN(C)C(=O)n1nc(C(C)(C)C)nc1SCc1ccncc1. The highest BCUT2D eigenvalue weighted by Gasteiger charge is 2.25. The van der Waals surface area contributed by atoms with Crippen molar-refractivity contribution in [3.63, 3.8) is 0 Å². The van der Waals surface area contributed by atoms with Crippen molar-refractivity contribution in [1.29, 1.82) is 0 Å². The molecule has 2 aromatic rings. The highest BCUT2D eigenvalue weighted by Crippen LogP contribution is 2.25. The van der Waals surface area contributed by atoms with Gasteiger partial charge < -0.3 is 4.90 Å². The second kappa shape index (κ2) is 6.48. The minimum atomic E-state index is -0.205. The lowest BCUT2D eigenvalue weighted by Crippen LogP contribution is -2.29. The Hall–Kier alpha value is -1.89. The van der Waals surface area contributed by atoms with Gasteiger partial charge in [0.05, 0.1) is 0 Å². The zero-order valence-electron chi connectivity index (χ0n) is 13.6. The fourth-order valence-corrected chi connectivity index (χ4v) is 2.53. The lowest BCUT2D eigenvalue weighted by Gasteiger charge is -2.13. The Balaban J connectivity index is 2.28. The van der Waals surface area contributed by atoms with Crippen molar-refractivity contribution in [3.8, 4) is 0 Å². The lowest BCUT2D eigenvalue weighted by atomic mass is 9.96. The number of thioether (sulfide) groups is 1. The van der Waals surface area contributed by atoms with Crippen molar-refractivity contribution < 1.29 is 4.79 Å². The second-order valence-corrected chi connectivity index (χ2v) is 7.14. The molecule has 2 heterocycles. The van der Waals surface area contributed by atoms with Gasteiger partial charge in [-0.2, -0.15) is 4.68 Å². The van der Waals surface area contributed by atoms with Gasteiger partial charge in [-0.05, 0) is 17.7 Å². The fraction of sp³-hybridized carbons (Fsp3) is 0.467. The Morgan fingerprint density at radius 3 is 2.45 bits per heavy atom. The van der Waals surface area contributed by atoms with Crippen LogP contribution in [0.15, 0.2) is 29.7 Å². The molecule has 0 saturated carbocycles. The van der Waals surface area contributed by atoms with Gasteiger partial charge in [0, 0.05) is 37.7 Å². The maximum absolute atomic E-state index is 12.3. The van der Waals surface area contributed by atoms with E-state index in [9.17, 15) is 4.79 Å². The lowest BCUT2D eigenvalue weighted by molar-refractivity contribution is 0.213. The van der Waals surface area contributed by atoms with Gasteiger partial charge >= 0.3 is 6.03 Å². The number of carbonyl (C=O) groups excluding carboxylic acids is 1. The molecule has 0 unspecified atom stereocenters. The predicted octanol–water partition coefficient (Wildman–Crippen LogP) is 2.79. The molecule has 2 rings (SSSR count). The standard InChI is InChI=1S/C15H21N5OS/c1-15(2,3)12-17-13(20(18-12)14(21)19(4)5)22-10-11-6-8-16-9-7-11/h6-9H,10H2,1-5H3. The van der Waals surface area contributed by atoms with Crippen molar-refractivity contribution in [2.45, 2.75) is 37.1 Å². The van der Waals surface area contributed by atoms with Crippen LogP contribution < -0.4 is 0 Å². The number of rotatable bonds is 3. The van der Waals surface area contributed by atoms with Crippen LogP contribution in [-0.4, -0.2) is 44.8 Å². The van der Waals surface area contributed by atoms with Gasteiger partial charge in [-0.1, -0.05) is 32.5 Å². The van der Waals surface area contributed by atoms with Crippen LogP contribution in [0, 0.1) is 0 Å². The number of hydrogen-bond donors (Lipinski definition) is 0. The summed E-state index contributed by atoms with van der Waals surface area (Å²) in [6, 6.07) is 3.71. The third-order valence-electron chi connectivity index (χ3n) is 2.93. The van der Waals surface area contributed by atoms with Crippen LogP contribution in [0.3, 0.4) is 0 Å². The fourth-order valence-electron chi connectivity index (χ4n) is 1.65. The van der Waals surface area contributed by atoms with Gasteiger partial charge in [0.25, 0.3) is 0 Å². The summed E-state index contributed by atoms with van der Waals surface area (Å²) in [7, 11) is 3.41. The van der Waals surface area contributed by atoms with Gasteiger partial charge in [0.1, 0.15) is 0 Å². The van der Waals surface area contributed by atoms with E-state index in [-0.39, 0.29) is 11.4 Å². The third kappa shape index (κ3) is 3.85. The van der Waals surface area contributed by atoms with Crippen molar-refractivity contribution in [2.24, 2.45) is 0 Å². The minimum Gasteiger partial charge on any atom is -0.329 e. The molecule has 0 aliphatic heterocycles. The maximum atomic E-state index is 12.3. The number of nitrogens with zero attached hydrogens (tertiary/aromatic N) is 5. The second-order valence-electron chi connectivity index (χ2n) is 6.20. The van der Waals surface area contributed by atoms with E-state index < -0.39 is 0 Å². The van der Waals surface area contributed by atoms with Crippen LogP contribution in [0.5, 0.6) is 0 Å². The van der Waals surface area contributed by atoms with Crippen molar-refractivity contribution in [1.82, 2.24) is 24.6 Å². The van der Waals surface area contributed by atoms with Crippen LogP contribution >= 0.6 is 11.8 Å². The number of aromatic nitrogens is 4. The van der Waals surface area contributed by atoms with Crippen LogP contribution in [0.25, 0.3) is 0 Å². The van der Waals surface area contributed by atoms with Crippen LogP contribution in [0.4, 0.5) is 4.79 Å². The average molecular weight is 319 g/mol. The maximum Gasteiger partial charge on any atom is 0.346 e. The number of amides is 1. The molecule has 0 atom stereocenters. The van der Waals surface area contributed by atoms with E-state index in [1.54, 1.807) is 26.5 Å². The molecule has 2 aromatic heterocycles. The number of carbonyl (C=O) groups is 1. The number of hydrogen-bond acceptors (Lipinski definition) is 5. The molecule has 0 N–H and O–H groups in total. The van der Waals surface area contributed by atoms with Crippen molar-refractivity contribution >= 4 is 17.8 Å². The van der Waals surface area contributed by atoms with E-state index in [4.69, 9.17) is 0 Å². The Kier molecular flexibility index (Phi) is 4.85. The molecule has 118 valence electrons. The predicted molar refractivity (Wildman–Crippen MR) is 87.0 cm³/mol. The van der Waals surface area contributed by atoms with E-state index in [0.717, 1.165) is 5.56 Å². The molecule has 0 aliphatic carbocycles. The first-order valence-electron chi connectivity index (χ1n) is 7.00. The van der Waals surface area contributed by atoms with E-state index in [0.29, 0.717) is 16.7 Å². The van der Waals surface area contributed by atoms with E-state index in [2.05, 4.69) is 15.1 Å². The Morgan fingerprint density at radius 1 is 1.27 bits per heavy atom. The first-order valence-corrected chi connectivity index (χ1v) is 7.98. The Bertz CT molecular complexity index is 646. The molecule has 0 aliphatic rings. The molecule has 0 bridgehead atoms. The largest absolute Gasteiger partial charge is 0.346 e. The molecule has 0 radical (unpaired) electrons. The third-order valence-corrected chi connectivity index (χ3v) is 3.93. The molecule has 1 amide bonds. The molecule has 0 spiro atoms. The zero-order chi connectivity index (χ0) is 16.3. The highest BCUT2D eigenvalue weighted by atomic mass is 32.2. The summed E-state index contributed by atoms with van der Waals surface area (Å²) in [5.41, 5.74) is 0.924. The molecule has 22 heavy (non-hydrogen) atoms. The molecular formula is C15H21N5OS. The van der Waals surface area contributed by atoms with Crippen molar-refractivity contribution in [3.05, 3.63) is 35.9 Å². The van der Waals surface area contributed by atoms with Gasteiger partial charge in [-0.25, -0.2) is 9.78 Å². The van der Waals surface area contributed by atoms with Gasteiger partial charge in [-0.3, -0.25) is 4.98 Å². The summed E-state index contributed by atoms with van der Waals surface area (Å²) in [6.07, 6.45) is 3.51.